The van der Waals surface area contributed by atoms with Crippen molar-refractivity contribution in [3.8, 4) is 78.7 Å². The lowest BCUT2D eigenvalue weighted by Crippen LogP contribution is -2.38. The molecule has 1 aliphatic carbocycles. The molecule has 0 saturated carbocycles. The van der Waals surface area contributed by atoms with E-state index in [9.17, 15) is 17.2 Å². The van der Waals surface area contributed by atoms with Crippen molar-refractivity contribution in [1.29, 1.82) is 0 Å². The van der Waals surface area contributed by atoms with Crippen LogP contribution in [-0.4, -0.2) is 23.4 Å². The van der Waals surface area contributed by atoms with Crippen molar-refractivity contribution in [1.82, 2.24) is 15.0 Å². The fourth-order valence-corrected chi connectivity index (χ4v) is 11.7. The van der Waals surface area contributed by atoms with E-state index in [-0.39, 0.29) is 21.4 Å². The summed E-state index contributed by atoms with van der Waals surface area (Å²) in [7, 11) is -3.92. The lowest BCUT2D eigenvalue weighted by molar-refractivity contribution is 0.579. The Hall–Kier alpha value is -8.20. The van der Waals surface area contributed by atoms with Gasteiger partial charge in [0.1, 0.15) is 11.6 Å². The summed E-state index contributed by atoms with van der Waals surface area (Å²) in [5.74, 6) is 0.613. The van der Waals surface area contributed by atoms with Gasteiger partial charge in [0.2, 0.25) is 9.84 Å². The highest BCUT2D eigenvalue weighted by Gasteiger charge is 2.51. The Morgan fingerprint density at radius 3 is 1.20 bits per heavy atom. The van der Waals surface area contributed by atoms with Crippen molar-refractivity contribution in [3.05, 3.63) is 246 Å². The second-order valence-electron chi connectivity index (χ2n) is 16.6. The third-order valence-corrected chi connectivity index (χ3v) is 14.8. The molecule has 5 nitrogen and oxygen atoms in total. The first kappa shape index (κ1) is 39.4. The molecule has 9 aromatic carbocycles. The molecule has 0 fully saturated rings. The molecule has 0 N–H and O–H groups in total. The highest BCUT2D eigenvalue weighted by atomic mass is 32.2. The summed E-state index contributed by atoms with van der Waals surface area (Å²) in [6.07, 6.45) is 0. The molecule has 0 bridgehead atoms. The third-order valence-electron chi connectivity index (χ3n) is 12.9. The fraction of sp³-hybridized carbons (Fsp3) is 0.0172. The van der Waals surface area contributed by atoms with Crippen LogP contribution in [0.5, 0.6) is 0 Å². The van der Waals surface area contributed by atoms with E-state index in [1.807, 2.05) is 103 Å². The average molecular weight is 876 g/mol. The van der Waals surface area contributed by atoms with Crippen LogP contribution in [0.25, 0.3) is 78.7 Å². The minimum atomic E-state index is -3.92. The number of benzene rings is 9. The van der Waals surface area contributed by atoms with Crippen LogP contribution in [-0.2, 0) is 15.3 Å². The van der Waals surface area contributed by atoms with Crippen LogP contribution < -0.4 is 0 Å². The first-order valence-electron chi connectivity index (χ1n) is 21.5. The molecule has 1 spiro atoms. The number of aromatic nitrogens is 3. The summed E-state index contributed by atoms with van der Waals surface area (Å²) in [6.45, 7) is 0. The van der Waals surface area contributed by atoms with Gasteiger partial charge in [-0.05, 0) is 121 Å². The number of hydrogen-bond donors (Lipinski definition) is 0. The highest BCUT2D eigenvalue weighted by Crippen LogP contribution is 2.59. The van der Waals surface area contributed by atoms with Crippen LogP contribution >= 0.6 is 0 Å². The Balaban J connectivity index is 1.14. The molecule has 2 aliphatic rings. The van der Waals surface area contributed by atoms with E-state index in [1.54, 1.807) is 48.5 Å². The van der Waals surface area contributed by atoms with Gasteiger partial charge in [-0.1, -0.05) is 158 Å². The molecule has 0 radical (unpaired) electrons. The third kappa shape index (κ3) is 6.17. The molecule has 8 heteroatoms. The summed E-state index contributed by atoms with van der Waals surface area (Å²) in [4.78, 5) is 16.1. The maximum absolute atomic E-state index is 14.7. The van der Waals surface area contributed by atoms with E-state index in [0.717, 1.165) is 66.8 Å². The minimum absolute atomic E-state index is 0.257. The zero-order chi connectivity index (χ0) is 44.6. The Morgan fingerprint density at radius 1 is 0.318 bits per heavy atom. The van der Waals surface area contributed by atoms with E-state index in [1.165, 1.54) is 24.3 Å². The predicted octanol–water partition coefficient (Wildman–Crippen LogP) is 13.7. The Morgan fingerprint density at radius 2 is 0.697 bits per heavy atom. The SMILES string of the molecule is O=S1(=O)c2ccccc2C2(c3ccccc3-c3ccccc3-c3ccc(-c4nc(-c5cccc(-c6ccc(F)cc6)c5)nc(-c5cccc(-c6ccc(F)cc6)c5)n4)cc32)c2ccccc21. The molecule has 0 unspecified atom stereocenters. The molecular formula is C58H35F2N3O2S. The number of halogens is 2. The van der Waals surface area contributed by atoms with Crippen molar-refractivity contribution in [2.75, 3.05) is 0 Å². The molecule has 1 aromatic heterocycles. The first-order valence-corrected chi connectivity index (χ1v) is 23.0. The zero-order valence-electron chi connectivity index (χ0n) is 35.0. The number of rotatable bonds is 5. The molecule has 12 rings (SSSR count). The molecule has 0 amide bonds. The number of fused-ring (bicyclic) bond motifs is 11. The molecule has 0 saturated heterocycles. The van der Waals surface area contributed by atoms with Crippen LogP contribution in [0.4, 0.5) is 8.78 Å². The highest BCUT2D eigenvalue weighted by molar-refractivity contribution is 7.91. The summed E-state index contributed by atoms with van der Waals surface area (Å²) in [5.41, 5.74) is 11.6. The van der Waals surface area contributed by atoms with Gasteiger partial charge in [0.05, 0.1) is 15.2 Å². The summed E-state index contributed by atoms with van der Waals surface area (Å²) < 4.78 is 57.4. The van der Waals surface area contributed by atoms with Crippen molar-refractivity contribution in [3.63, 3.8) is 0 Å². The van der Waals surface area contributed by atoms with Gasteiger partial charge >= 0.3 is 0 Å². The largest absolute Gasteiger partial charge is 0.218 e. The fourth-order valence-electron chi connectivity index (χ4n) is 9.96. The van der Waals surface area contributed by atoms with Gasteiger partial charge in [0.25, 0.3) is 0 Å². The average Bonchev–Trinajstić information content (AvgIpc) is 3.47. The van der Waals surface area contributed by atoms with E-state index < -0.39 is 15.3 Å². The Kier molecular flexibility index (Phi) is 9.08. The van der Waals surface area contributed by atoms with Crippen molar-refractivity contribution in [2.24, 2.45) is 0 Å². The standard InChI is InChI=1S/C58H35F2N3O2S/c59-43-28-23-36(24-29-43)38-11-9-13-40(33-38)55-61-56(41-14-10-12-39(34-41)37-25-30-44(60)31-26-37)63-57(62-55)42-27-32-48-46-16-2-1-15-45(46)47-17-3-4-18-49(47)58(52(48)35-42)50-19-5-7-21-53(50)66(64,65)54-22-8-6-20-51(54)58/h1-35H. The van der Waals surface area contributed by atoms with Gasteiger partial charge in [-0.25, -0.2) is 32.2 Å². The summed E-state index contributed by atoms with van der Waals surface area (Å²) in [6, 6.07) is 66.1. The number of nitrogens with zero attached hydrogens (tertiary/aromatic N) is 3. The zero-order valence-corrected chi connectivity index (χ0v) is 35.8. The minimum Gasteiger partial charge on any atom is -0.218 e. The quantitative estimate of drug-likeness (QED) is 0.172. The van der Waals surface area contributed by atoms with Gasteiger partial charge in [-0.15, -0.1) is 0 Å². The summed E-state index contributed by atoms with van der Waals surface area (Å²) in [5, 5.41) is 0. The van der Waals surface area contributed by atoms with Gasteiger partial charge < -0.3 is 0 Å². The molecular weight excluding hydrogens is 841 g/mol. The normalized spacial score (nSPS) is 13.7. The summed E-state index contributed by atoms with van der Waals surface area (Å²) >= 11 is 0. The van der Waals surface area contributed by atoms with Gasteiger partial charge in [0.15, 0.2) is 17.5 Å². The van der Waals surface area contributed by atoms with Gasteiger partial charge in [-0.2, -0.15) is 0 Å². The van der Waals surface area contributed by atoms with Gasteiger partial charge in [0, 0.05) is 16.7 Å². The second kappa shape index (κ2) is 15.2. The Bertz CT molecular complexity index is 3540. The van der Waals surface area contributed by atoms with Crippen LogP contribution in [0, 0.1) is 11.6 Å². The maximum atomic E-state index is 14.7. The maximum Gasteiger partial charge on any atom is 0.207 e. The van der Waals surface area contributed by atoms with Crippen molar-refractivity contribution in [2.45, 2.75) is 15.2 Å². The lowest BCUT2D eigenvalue weighted by Gasteiger charge is -2.42. The van der Waals surface area contributed by atoms with E-state index in [4.69, 9.17) is 15.0 Å². The van der Waals surface area contributed by atoms with Crippen molar-refractivity contribution < 1.29 is 17.2 Å². The molecule has 10 aromatic rings. The van der Waals surface area contributed by atoms with E-state index in [2.05, 4.69) is 36.4 Å². The van der Waals surface area contributed by atoms with Gasteiger partial charge in [-0.3, -0.25) is 0 Å². The smallest absolute Gasteiger partial charge is 0.207 e. The lowest BCUT2D eigenvalue weighted by atomic mass is 9.63. The van der Waals surface area contributed by atoms with Crippen molar-refractivity contribution >= 4 is 9.84 Å². The number of hydrogen-bond acceptors (Lipinski definition) is 5. The topological polar surface area (TPSA) is 72.8 Å². The predicted molar refractivity (Wildman–Crippen MR) is 255 cm³/mol. The molecule has 66 heavy (non-hydrogen) atoms. The number of sulfone groups is 1. The monoisotopic (exact) mass is 875 g/mol. The molecule has 2 heterocycles. The van der Waals surface area contributed by atoms with Crippen LogP contribution in [0.1, 0.15) is 22.3 Å². The molecule has 0 atom stereocenters. The first-order chi connectivity index (χ1) is 32.3. The Labute approximate surface area is 380 Å². The second-order valence-corrected chi connectivity index (χ2v) is 18.5. The molecule has 1 aliphatic heterocycles. The van der Waals surface area contributed by atoms with E-state index in [0.29, 0.717) is 34.2 Å². The van der Waals surface area contributed by atoms with E-state index >= 15 is 0 Å². The van der Waals surface area contributed by atoms with Crippen LogP contribution in [0.3, 0.4) is 0 Å². The van der Waals surface area contributed by atoms with Crippen LogP contribution in [0.2, 0.25) is 0 Å². The van der Waals surface area contributed by atoms with Crippen LogP contribution in [0.15, 0.2) is 222 Å². The molecule has 314 valence electrons.